The number of amides is 1. The van der Waals surface area contributed by atoms with Gasteiger partial charge >= 0.3 is 5.97 Å². The molecule has 1 amide bonds. The van der Waals surface area contributed by atoms with Crippen molar-refractivity contribution in [1.29, 1.82) is 0 Å². The summed E-state index contributed by atoms with van der Waals surface area (Å²) in [6.07, 6.45) is 0.359. The highest BCUT2D eigenvalue weighted by Crippen LogP contribution is 2.22. The van der Waals surface area contributed by atoms with Gasteiger partial charge < -0.3 is 10.1 Å². The lowest BCUT2D eigenvalue weighted by Gasteiger charge is -2.27. The van der Waals surface area contributed by atoms with Crippen LogP contribution < -0.4 is 10.0 Å². The van der Waals surface area contributed by atoms with Crippen molar-refractivity contribution in [2.45, 2.75) is 57.9 Å². The van der Waals surface area contributed by atoms with E-state index in [1.54, 1.807) is 24.3 Å². The third kappa shape index (κ3) is 6.76. The van der Waals surface area contributed by atoms with E-state index in [1.165, 1.54) is 27.9 Å². The van der Waals surface area contributed by atoms with Gasteiger partial charge in [-0.25, -0.2) is 13.2 Å². The Balaban J connectivity index is 3.24. The van der Waals surface area contributed by atoms with Crippen LogP contribution in [-0.2, 0) is 24.3 Å². The van der Waals surface area contributed by atoms with Crippen molar-refractivity contribution >= 4 is 33.5 Å². The Bertz CT molecular complexity index is 786. The van der Waals surface area contributed by atoms with Gasteiger partial charge in [0.25, 0.3) is 0 Å². The van der Waals surface area contributed by atoms with Crippen LogP contribution in [0, 0.1) is 5.92 Å². The van der Waals surface area contributed by atoms with E-state index in [4.69, 9.17) is 16.3 Å². The van der Waals surface area contributed by atoms with Gasteiger partial charge in [0.15, 0.2) is 0 Å². The third-order valence-electron chi connectivity index (χ3n) is 4.05. The number of benzene rings is 1. The second-order valence-corrected chi connectivity index (χ2v) is 10.8. The molecule has 7 nitrogen and oxygen atoms in total. The van der Waals surface area contributed by atoms with Gasteiger partial charge in [0.2, 0.25) is 15.9 Å². The van der Waals surface area contributed by atoms with Crippen molar-refractivity contribution < 1.29 is 22.7 Å². The van der Waals surface area contributed by atoms with Crippen LogP contribution in [0.15, 0.2) is 24.3 Å². The second kappa shape index (κ2) is 9.71. The molecule has 2 atom stereocenters. The third-order valence-corrected chi connectivity index (χ3v) is 6.46. The lowest BCUT2D eigenvalue weighted by atomic mass is 10.0. The van der Waals surface area contributed by atoms with Gasteiger partial charge in [-0.3, -0.25) is 4.79 Å². The Hall–Kier alpha value is -1.64. The molecule has 1 rings (SSSR count). The van der Waals surface area contributed by atoms with Crippen LogP contribution in [0.25, 0.3) is 0 Å². The van der Waals surface area contributed by atoms with Gasteiger partial charge in [0.05, 0.1) is 11.9 Å². The van der Waals surface area contributed by atoms with E-state index in [2.05, 4.69) is 10.0 Å². The smallest absolute Gasteiger partial charge is 0.328 e. The van der Waals surface area contributed by atoms with Crippen molar-refractivity contribution in [3.8, 4) is 0 Å². The molecule has 0 aliphatic rings. The summed E-state index contributed by atoms with van der Waals surface area (Å²) in [7, 11) is -2.61. The number of methoxy groups -OCH3 is 1. The molecule has 0 heterocycles. The zero-order chi connectivity index (χ0) is 21.7. The van der Waals surface area contributed by atoms with E-state index in [0.717, 1.165) is 0 Å². The fourth-order valence-corrected chi connectivity index (χ4v) is 3.38. The molecule has 0 radical (unpaired) electrons. The summed E-state index contributed by atoms with van der Waals surface area (Å²) in [6, 6.07) is 4.15. The minimum atomic E-state index is -3.84. The topological polar surface area (TPSA) is 102 Å². The molecule has 2 N–H and O–H groups in total. The predicted octanol–water partition coefficient (Wildman–Crippen LogP) is 2.80. The molecule has 9 heteroatoms. The minimum absolute atomic E-state index is 0.115. The van der Waals surface area contributed by atoms with E-state index in [1.807, 2.05) is 13.8 Å². The molecule has 0 bridgehead atoms. The van der Waals surface area contributed by atoms with Gasteiger partial charge in [-0.1, -0.05) is 37.6 Å². The van der Waals surface area contributed by atoms with Gasteiger partial charge in [0.1, 0.15) is 12.1 Å². The highest BCUT2D eigenvalue weighted by molar-refractivity contribution is 7.90. The Labute approximate surface area is 172 Å². The molecule has 158 valence electrons. The molecule has 0 fully saturated rings. The highest BCUT2D eigenvalue weighted by atomic mass is 35.5. The van der Waals surface area contributed by atoms with Crippen LogP contribution in [0.5, 0.6) is 0 Å². The zero-order valence-corrected chi connectivity index (χ0v) is 18.6. The summed E-state index contributed by atoms with van der Waals surface area (Å²) in [5.41, 5.74) is 0.405. The van der Waals surface area contributed by atoms with Gasteiger partial charge in [-0.05, 0) is 50.8 Å². The molecule has 1 aromatic rings. The van der Waals surface area contributed by atoms with Crippen molar-refractivity contribution in [3.05, 3.63) is 34.9 Å². The maximum Gasteiger partial charge on any atom is 0.328 e. The lowest BCUT2D eigenvalue weighted by Crippen LogP contribution is -2.50. The van der Waals surface area contributed by atoms with Crippen LogP contribution in [0.3, 0.4) is 0 Å². The maximum atomic E-state index is 13.0. The molecule has 0 aliphatic carbocycles. The molecule has 0 saturated heterocycles. The molecule has 0 aromatic heterocycles. The Morgan fingerprint density at radius 2 is 1.68 bits per heavy atom. The zero-order valence-electron chi connectivity index (χ0n) is 17.1. The molecule has 0 spiro atoms. The van der Waals surface area contributed by atoms with Crippen LogP contribution in [0.1, 0.15) is 52.6 Å². The van der Waals surface area contributed by atoms with E-state index < -0.39 is 38.7 Å². The highest BCUT2D eigenvalue weighted by Gasteiger charge is 2.36. The quantitative estimate of drug-likeness (QED) is 0.615. The second-order valence-electron chi connectivity index (χ2n) is 7.93. The summed E-state index contributed by atoms with van der Waals surface area (Å²) in [5.74, 6) is -1.12. The summed E-state index contributed by atoms with van der Waals surface area (Å²) >= 11 is 5.90. The number of nitrogens with one attached hydrogen (secondary N) is 2. The van der Waals surface area contributed by atoms with E-state index in [0.29, 0.717) is 17.0 Å². The van der Waals surface area contributed by atoms with Crippen molar-refractivity contribution in [3.63, 3.8) is 0 Å². The van der Waals surface area contributed by atoms with Gasteiger partial charge in [-0.15, -0.1) is 0 Å². The maximum absolute atomic E-state index is 13.0. The fraction of sp³-hybridized carbons (Fsp3) is 0.579. The number of sulfonamides is 1. The number of hydrogen-bond acceptors (Lipinski definition) is 5. The van der Waals surface area contributed by atoms with Crippen LogP contribution in [0.2, 0.25) is 5.02 Å². The average Bonchev–Trinajstić information content (AvgIpc) is 2.57. The normalized spacial score (nSPS) is 14.4. The van der Waals surface area contributed by atoms with Crippen LogP contribution in [-0.4, -0.2) is 38.2 Å². The molecule has 0 aliphatic heterocycles. The standard InChI is InChI=1S/C19H29ClN2O5S/c1-12(2)11-15(18(24)27-6)21-17(23)16(13-7-9-14(20)10-8-13)22-28(25,26)19(3,4)5/h7-10,12,15-16,22H,11H2,1-6H3,(H,21,23)/t15-,16-/m1/s1. The molecule has 28 heavy (non-hydrogen) atoms. The Kier molecular flexibility index (Phi) is 8.46. The summed E-state index contributed by atoms with van der Waals surface area (Å²) < 4.78 is 31.4. The van der Waals surface area contributed by atoms with Crippen LogP contribution >= 0.6 is 11.6 Å². The number of rotatable bonds is 8. The van der Waals surface area contributed by atoms with Crippen molar-refractivity contribution in [2.75, 3.05) is 7.11 Å². The monoisotopic (exact) mass is 432 g/mol. The van der Waals surface area contributed by atoms with E-state index >= 15 is 0 Å². The number of esters is 1. The summed E-state index contributed by atoms with van der Waals surface area (Å²) in [4.78, 5) is 25.0. The number of hydrogen-bond donors (Lipinski definition) is 2. The van der Waals surface area contributed by atoms with E-state index in [-0.39, 0.29) is 5.92 Å². The van der Waals surface area contributed by atoms with Crippen molar-refractivity contribution in [1.82, 2.24) is 10.0 Å². The lowest BCUT2D eigenvalue weighted by molar-refractivity contribution is -0.145. The Morgan fingerprint density at radius 3 is 2.11 bits per heavy atom. The van der Waals surface area contributed by atoms with Crippen LogP contribution in [0.4, 0.5) is 0 Å². The predicted molar refractivity (Wildman–Crippen MR) is 109 cm³/mol. The molecule has 0 unspecified atom stereocenters. The first kappa shape index (κ1) is 24.4. The number of carbonyl (C=O) groups excluding carboxylic acids is 2. The first-order valence-electron chi connectivity index (χ1n) is 8.94. The van der Waals surface area contributed by atoms with Crippen molar-refractivity contribution in [2.24, 2.45) is 5.92 Å². The first-order chi connectivity index (χ1) is 12.8. The number of ether oxygens (including phenoxy) is 1. The molecular weight excluding hydrogens is 404 g/mol. The van der Waals surface area contributed by atoms with Gasteiger partial charge in [0, 0.05) is 5.02 Å². The molecule has 0 saturated carbocycles. The number of halogens is 1. The first-order valence-corrected chi connectivity index (χ1v) is 10.8. The SMILES string of the molecule is COC(=O)[C@@H](CC(C)C)NC(=O)[C@H](NS(=O)(=O)C(C)(C)C)c1ccc(Cl)cc1. The van der Waals surface area contributed by atoms with Gasteiger partial charge in [-0.2, -0.15) is 4.72 Å². The molecule has 1 aromatic carbocycles. The summed E-state index contributed by atoms with van der Waals surface area (Å²) in [5, 5.41) is 3.07. The Morgan fingerprint density at radius 1 is 1.14 bits per heavy atom. The fourth-order valence-electron chi connectivity index (χ4n) is 2.34. The van der Waals surface area contributed by atoms with E-state index in [9.17, 15) is 18.0 Å². The molecular formula is C19H29ClN2O5S. The average molecular weight is 433 g/mol. The minimum Gasteiger partial charge on any atom is -0.467 e. The summed E-state index contributed by atoms with van der Waals surface area (Å²) in [6.45, 7) is 8.40. The largest absolute Gasteiger partial charge is 0.467 e. The number of carbonyl (C=O) groups is 2.